The lowest BCUT2D eigenvalue weighted by Gasteiger charge is -2.23. The molecule has 0 atom stereocenters. The molecule has 0 saturated carbocycles. The third-order valence-electron chi connectivity index (χ3n) is 10.8. The van der Waals surface area contributed by atoms with Crippen LogP contribution in [0.4, 0.5) is 0 Å². The van der Waals surface area contributed by atoms with Crippen LogP contribution in [-0.2, 0) is 19.3 Å². The van der Waals surface area contributed by atoms with Crippen molar-refractivity contribution in [1.82, 2.24) is 0 Å². The van der Waals surface area contributed by atoms with Crippen LogP contribution in [-0.4, -0.2) is 16.8 Å². The zero-order valence-corrected chi connectivity index (χ0v) is 33.8. The van der Waals surface area contributed by atoms with E-state index < -0.39 is 0 Å². The van der Waals surface area contributed by atoms with Gasteiger partial charge in [0.25, 0.3) is 0 Å². The van der Waals surface area contributed by atoms with Crippen molar-refractivity contribution in [2.45, 2.75) is 252 Å². The molecule has 0 heterocycles. The highest BCUT2D eigenvalue weighted by atomic mass is 16.5. The molecule has 0 saturated heterocycles. The fourth-order valence-electron chi connectivity index (χ4n) is 7.56. The molecule has 2 N–H and O–H groups in total. The Bertz CT molecular complexity index is 863. The summed E-state index contributed by atoms with van der Waals surface area (Å²) >= 11 is 0. The molecule has 0 aliphatic heterocycles. The van der Waals surface area contributed by atoms with Crippen LogP contribution in [0.5, 0.6) is 17.2 Å². The number of unbranched alkanes of at least 4 members (excludes halogenated alkanes) is 28. The number of ether oxygens (including phenoxy) is 1. The molecule has 288 valence electrons. The minimum Gasteiger partial charge on any atom is -0.504 e. The van der Waals surface area contributed by atoms with Gasteiger partial charge in [-0.25, -0.2) is 0 Å². The molecule has 0 aromatic heterocycles. The Balaban J connectivity index is 3.04. The van der Waals surface area contributed by atoms with Gasteiger partial charge in [0.05, 0.1) is 6.61 Å². The van der Waals surface area contributed by atoms with Crippen molar-refractivity contribution in [2.75, 3.05) is 6.61 Å². The van der Waals surface area contributed by atoms with Crippen molar-refractivity contribution in [1.29, 1.82) is 0 Å². The first kappa shape index (κ1) is 45.6. The zero-order valence-electron chi connectivity index (χ0n) is 33.8. The Labute approximate surface area is 307 Å². The SMILES string of the molecule is CCCCCCCCCCOc1c(O)c(O)c(CCCCCCCCCC)c(CCCCCCCCCC)c1CCCCCCCCCC. The fraction of sp³-hybridized carbons (Fsp3) is 0.870. The van der Waals surface area contributed by atoms with Crippen LogP contribution < -0.4 is 4.74 Å². The number of phenols is 2. The van der Waals surface area contributed by atoms with E-state index in [1.54, 1.807) is 0 Å². The first-order chi connectivity index (χ1) is 24.1. The maximum Gasteiger partial charge on any atom is 0.201 e. The Morgan fingerprint density at radius 1 is 0.306 bits per heavy atom. The number of hydrogen-bond donors (Lipinski definition) is 2. The van der Waals surface area contributed by atoms with Crippen LogP contribution in [0.25, 0.3) is 0 Å². The van der Waals surface area contributed by atoms with Crippen LogP contribution in [0.15, 0.2) is 0 Å². The summed E-state index contributed by atoms with van der Waals surface area (Å²) in [5, 5.41) is 23.0. The second-order valence-corrected chi connectivity index (χ2v) is 15.5. The number of rotatable bonds is 37. The molecule has 3 nitrogen and oxygen atoms in total. The maximum absolute atomic E-state index is 11.5. The summed E-state index contributed by atoms with van der Waals surface area (Å²) in [5.74, 6) is 0.740. The monoisotopic (exact) mass is 687 g/mol. The lowest BCUT2D eigenvalue weighted by Crippen LogP contribution is -2.08. The molecule has 0 aliphatic rings. The van der Waals surface area contributed by atoms with E-state index in [-0.39, 0.29) is 11.5 Å². The molecule has 1 aromatic carbocycles. The minimum absolute atomic E-state index is 0.0170. The molecule has 0 bridgehead atoms. The molecule has 0 unspecified atom stereocenters. The Kier molecular flexibility index (Phi) is 31.4. The molecule has 0 spiro atoms. The molecule has 3 heteroatoms. The second-order valence-electron chi connectivity index (χ2n) is 15.5. The molecule has 1 rings (SSSR count). The number of phenolic OH excluding ortho intramolecular Hbond substituents is 2. The largest absolute Gasteiger partial charge is 0.504 e. The average Bonchev–Trinajstić information content (AvgIpc) is 3.11. The van der Waals surface area contributed by atoms with Crippen LogP contribution in [0.1, 0.15) is 250 Å². The molecule has 49 heavy (non-hydrogen) atoms. The number of aromatic hydroxyl groups is 2. The Morgan fingerprint density at radius 3 is 0.959 bits per heavy atom. The van der Waals surface area contributed by atoms with E-state index >= 15 is 0 Å². The second kappa shape index (κ2) is 33.7. The van der Waals surface area contributed by atoms with Crippen molar-refractivity contribution < 1.29 is 14.9 Å². The van der Waals surface area contributed by atoms with Crippen LogP contribution in [0.2, 0.25) is 0 Å². The number of benzene rings is 1. The van der Waals surface area contributed by atoms with Crippen LogP contribution in [0, 0.1) is 0 Å². The van der Waals surface area contributed by atoms with E-state index in [0.717, 1.165) is 50.5 Å². The van der Waals surface area contributed by atoms with E-state index in [2.05, 4.69) is 27.7 Å². The summed E-state index contributed by atoms with van der Waals surface area (Å²) in [6.07, 6.45) is 43.9. The van der Waals surface area contributed by atoms with Gasteiger partial charge in [0.15, 0.2) is 11.5 Å². The highest BCUT2D eigenvalue weighted by Crippen LogP contribution is 2.46. The zero-order chi connectivity index (χ0) is 35.6. The van der Waals surface area contributed by atoms with Gasteiger partial charge in [-0.15, -0.1) is 0 Å². The topological polar surface area (TPSA) is 49.7 Å². The van der Waals surface area contributed by atoms with Gasteiger partial charge in [-0.2, -0.15) is 0 Å². The molecular formula is C46H86O3. The summed E-state index contributed by atoms with van der Waals surface area (Å²) in [7, 11) is 0. The van der Waals surface area contributed by atoms with E-state index in [9.17, 15) is 10.2 Å². The van der Waals surface area contributed by atoms with Crippen molar-refractivity contribution in [3.8, 4) is 17.2 Å². The first-order valence-corrected chi connectivity index (χ1v) is 22.3. The Morgan fingerprint density at radius 2 is 0.592 bits per heavy atom. The summed E-state index contributed by atoms with van der Waals surface area (Å²) in [4.78, 5) is 0. The summed E-state index contributed by atoms with van der Waals surface area (Å²) in [6, 6.07) is 0. The lowest BCUT2D eigenvalue weighted by molar-refractivity contribution is 0.278. The summed E-state index contributed by atoms with van der Waals surface area (Å²) in [5.41, 5.74) is 3.57. The molecule has 0 radical (unpaired) electrons. The normalized spacial score (nSPS) is 11.5. The van der Waals surface area contributed by atoms with Gasteiger partial charge in [-0.05, 0) is 50.5 Å². The fourth-order valence-corrected chi connectivity index (χ4v) is 7.56. The smallest absolute Gasteiger partial charge is 0.201 e. The van der Waals surface area contributed by atoms with Crippen LogP contribution in [0.3, 0.4) is 0 Å². The third kappa shape index (κ3) is 22.9. The first-order valence-electron chi connectivity index (χ1n) is 22.3. The van der Waals surface area contributed by atoms with Gasteiger partial charge in [-0.3, -0.25) is 0 Å². The minimum atomic E-state index is 0.0170. The van der Waals surface area contributed by atoms with Gasteiger partial charge in [0, 0.05) is 11.1 Å². The molecule has 0 fully saturated rings. The quantitative estimate of drug-likeness (QED) is 0.0541. The summed E-state index contributed by atoms with van der Waals surface area (Å²) < 4.78 is 6.47. The Hall–Kier alpha value is -1.38. The highest BCUT2D eigenvalue weighted by Gasteiger charge is 2.24. The maximum atomic E-state index is 11.5. The van der Waals surface area contributed by atoms with Gasteiger partial charge >= 0.3 is 0 Å². The van der Waals surface area contributed by atoms with Gasteiger partial charge in [-0.1, -0.05) is 207 Å². The molecule has 1 aromatic rings. The van der Waals surface area contributed by atoms with E-state index in [0.29, 0.717) is 12.4 Å². The van der Waals surface area contributed by atoms with Crippen molar-refractivity contribution in [2.24, 2.45) is 0 Å². The summed E-state index contributed by atoms with van der Waals surface area (Å²) in [6.45, 7) is 9.76. The van der Waals surface area contributed by atoms with Gasteiger partial charge in [0.2, 0.25) is 5.75 Å². The lowest BCUT2D eigenvalue weighted by atomic mass is 9.88. The molecular weight excluding hydrogens is 601 g/mol. The molecule has 0 amide bonds. The predicted molar refractivity (Wildman–Crippen MR) is 217 cm³/mol. The third-order valence-corrected chi connectivity index (χ3v) is 10.8. The number of hydrogen-bond acceptors (Lipinski definition) is 3. The molecule has 0 aliphatic carbocycles. The van der Waals surface area contributed by atoms with Gasteiger partial charge in [0.1, 0.15) is 0 Å². The van der Waals surface area contributed by atoms with E-state index in [1.165, 1.54) is 191 Å². The van der Waals surface area contributed by atoms with Crippen LogP contribution >= 0.6 is 0 Å². The standard InChI is InChI=1S/C46H86O3/c1-5-9-13-17-21-25-29-33-37-41-42(38-34-30-26-22-18-14-10-6-2)44(47)45(48)46(49-40-36-32-28-24-20-16-12-8-4)43(41)39-35-31-27-23-19-15-11-7-3/h47-48H,5-40H2,1-4H3. The van der Waals surface area contributed by atoms with Gasteiger partial charge < -0.3 is 14.9 Å². The van der Waals surface area contributed by atoms with E-state index in [1.807, 2.05) is 0 Å². The van der Waals surface area contributed by atoms with Crippen molar-refractivity contribution >= 4 is 0 Å². The average molecular weight is 687 g/mol. The predicted octanol–water partition coefficient (Wildman–Crippen LogP) is 15.7. The highest BCUT2D eigenvalue weighted by molar-refractivity contribution is 5.62. The van der Waals surface area contributed by atoms with Crippen molar-refractivity contribution in [3.05, 3.63) is 16.7 Å². The van der Waals surface area contributed by atoms with Crippen molar-refractivity contribution in [3.63, 3.8) is 0 Å². The van der Waals surface area contributed by atoms with E-state index in [4.69, 9.17) is 4.74 Å².